The second-order valence-corrected chi connectivity index (χ2v) is 5.05. The van der Waals surface area contributed by atoms with Crippen LogP contribution in [0.4, 0.5) is 0 Å². The van der Waals surface area contributed by atoms with E-state index in [1.807, 2.05) is 18.2 Å². The van der Waals surface area contributed by atoms with Crippen LogP contribution in [0.25, 0.3) is 0 Å². The maximum absolute atomic E-state index is 10.9. The smallest absolute Gasteiger partial charge is 0.319 e. The maximum atomic E-state index is 10.9. The van der Waals surface area contributed by atoms with Crippen LogP contribution in [-0.4, -0.2) is 11.7 Å². The van der Waals surface area contributed by atoms with Gasteiger partial charge in [-0.1, -0.05) is 47.1 Å². The highest BCUT2D eigenvalue weighted by Crippen LogP contribution is 2.08. The van der Waals surface area contributed by atoms with E-state index in [1.54, 1.807) is 0 Å². The SMILES string of the molecule is CC(=O)O/N=C(/CCC=C(C)C)CCc1ccccc1. The molecule has 1 rings (SSSR count). The molecule has 0 aliphatic rings. The van der Waals surface area contributed by atoms with Crippen molar-refractivity contribution >= 4 is 11.7 Å². The largest absolute Gasteiger partial charge is 0.331 e. The van der Waals surface area contributed by atoms with Crippen LogP contribution < -0.4 is 0 Å². The molecule has 0 fully saturated rings. The second-order valence-electron chi connectivity index (χ2n) is 5.05. The fourth-order valence-corrected chi connectivity index (χ4v) is 1.81. The number of carbonyl (C=O) groups is 1. The van der Waals surface area contributed by atoms with Crippen molar-refractivity contribution in [2.75, 3.05) is 0 Å². The molecule has 0 saturated heterocycles. The lowest BCUT2D eigenvalue weighted by molar-refractivity contribution is -0.140. The molecular formula is C17H23NO2. The molecule has 0 N–H and O–H groups in total. The summed E-state index contributed by atoms with van der Waals surface area (Å²) in [5.41, 5.74) is 3.49. The lowest BCUT2D eigenvalue weighted by atomic mass is 10.0. The molecule has 0 saturated carbocycles. The van der Waals surface area contributed by atoms with E-state index in [2.05, 4.69) is 37.2 Å². The van der Waals surface area contributed by atoms with Gasteiger partial charge < -0.3 is 4.84 Å². The lowest BCUT2D eigenvalue weighted by Gasteiger charge is -2.05. The van der Waals surface area contributed by atoms with Gasteiger partial charge in [-0.3, -0.25) is 0 Å². The van der Waals surface area contributed by atoms with Gasteiger partial charge in [0.05, 0.1) is 5.71 Å². The fraction of sp³-hybridized carbons (Fsp3) is 0.412. The lowest BCUT2D eigenvalue weighted by Crippen LogP contribution is -2.04. The number of nitrogens with zero attached hydrogens (tertiary/aromatic N) is 1. The van der Waals surface area contributed by atoms with E-state index in [4.69, 9.17) is 4.84 Å². The Kier molecular flexibility index (Phi) is 7.33. The molecule has 3 nitrogen and oxygen atoms in total. The average molecular weight is 273 g/mol. The van der Waals surface area contributed by atoms with E-state index < -0.39 is 0 Å². The molecule has 1 aromatic carbocycles. The minimum atomic E-state index is -0.371. The molecule has 0 heterocycles. The molecule has 108 valence electrons. The number of oxime groups is 1. The molecule has 20 heavy (non-hydrogen) atoms. The first-order chi connectivity index (χ1) is 9.58. The third-order valence-corrected chi connectivity index (χ3v) is 2.83. The summed E-state index contributed by atoms with van der Waals surface area (Å²) in [7, 11) is 0. The van der Waals surface area contributed by atoms with Crippen LogP contribution in [0.2, 0.25) is 0 Å². The minimum Gasteiger partial charge on any atom is -0.319 e. The van der Waals surface area contributed by atoms with Crippen LogP contribution >= 0.6 is 0 Å². The van der Waals surface area contributed by atoms with E-state index in [1.165, 1.54) is 18.1 Å². The molecule has 0 aromatic heterocycles. The molecule has 0 bridgehead atoms. The Morgan fingerprint density at radius 3 is 2.45 bits per heavy atom. The number of allylic oxidation sites excluding steroid dienone is 2. The van der Waals surface area contributed by atoms with Crippen LogP contribution in [0, 0.1) is 0 Å². The summed E-state index contributed by atoms with van der Waals surface area (Å²) < 4.78 is 0. The molecule has 3 heteroatoms. The fourth-order valence-electron chi connectivity index (χ4n) is 1.81. The Morgan fingerprint density at radius 1 is 1.15 bits per heavy atom. The molecule has 0 aliphatic heterocycles. The number of carbonyl (C=O) groups excluding carboxylic acids is 1. The predicted octanol–water partition coefficient (Wildman–Crippen LogP) is 4.28. The minimum absolute atomic E-state index is 0.371. The first kappa shape index (κ1) is 16.2. The highest BCUT2D eigenvalue weighted by molar-refractivity contribution is 5.85. The van der Waals surface area contributed by atoms with E-state index in [0.29, 0.717) is 0 Å². The Labute approximate surface area is 121 Å². The van der Waals surface area contributed by atoms with E-state index in [9.17, 15) is 4.79 Å². The predicted molar refractivity (Wildman–Crippen MR) is 82.6 cm³/mol. The molecule has 1 aromatic rings. The van der Waals surface area contributed by atoms with Crippen molar-refractivity contribution in [1.82, 2.24) is 0 Å². The Bertz CT molecular complexity index is 471. The second kappa shape index (κ2) is 9.08. The molecule has 0 amide bonds. The molecule has 0 atom stereocenters. The van der Waals surface area contributed by atoms with Gasteiger partial charge in [-0.05, 0) is 45.1 Å². The van der Waals surface area contributed by atoms with Crippen molar-refractivity contribution in [3.8, 4) is 0 Å². The number of hydrogen-bond acceptors (Lipinski definition) is 3. The number of hydrogen-bond donors (Lipinski definition) is 0. The van der Waals surface area contributed by atoms with Gasteiger partial charge in [-0.2, -0.15) is 0 Å². The van der Waals surface area contributed by atoms with E-state index >= 15 is 0 Å². The first-order valence-corrected chi connectivity index (χ1v) is 6.98. The van der Waals surface area contributed by atoms with Crippen molar-refractivity contribution in [2.24, 2.45) is 5.16 Å². The van der Waals surface area contributed by atoms with Crippen molar-refractivity contribution in [1.29, 1.82) is 0 Å². The average Bonchev–Trinajstić information content (AvgIpc) is 2.42. The third kappa shape index (κ3) is 7.52. The monoisotopic (exact) mass is 273 g/mol. The summed E-state index contributed by atoms with van der Waals surface area (Å²) in [5.74, 6) is -0.371. The van der Waals surface area contributed by atoms with E-state index in [-0.39, 0.29) is 5.97 Å². The van der Waals surface area contributed by atoms with Gasteiger partial charge in [-0.15, -0.1) is 0 Å². The molecule has 0 aliphatic carbocycles. The van der Waals surface area contributed by atoms with Gasteiger partial charge in [0.15, 0.2) is 0 Å². The standard InChI is InChI=1S/C17H23NO2/c1-14(2)8-7-11-17(18-20-15(3)19)13-12-16-9-5-4-6-10-16/h4-6,8-10H,7,11-13H2,1-3H3/b18-17-. The molecule has 0 radical (unpaired) electrons. The Morgan fingerprint density at radius 2 is 1.85 bits per heavy atom. The third-order valence-electron chi connectivity index (χ3n) is 2.83. The first-order valence-electron chi connectivity index (χ1n) is 6.98. The number of aryl methyl sites for hydroxylation is 1. The zero-order chi connectivity index (χ0) is 14.8. The van der Waals surface area contributed by atoms with Crippen molar-refractivity contribution < 1.29 is 9.63 Å². The van der Waals surface area contributed by atoms with Gasteiger partial charge in [-0.25, -0.2) is 4.79 Å². The summed E-state index contributed by atoms with van der Waals surface area (Å²) in [6, 6.07) is 10.3. The topological polar surface area (TPSA) is 38.7 Å². The number of rotatable bonds is 7. The summed E-state index contributed by atoms with van der Waals surface area (Å²) in [6.07, 6.45) is 5.65. The summed E-state index contributed by atoms with van der Waals surface area (Å²) in [6.45, 7) is 5.52. The van der Waals surface area contributed by atoms with E-state index in [0.717, 1.165) is 31.4 Å². The van der Waals surface area contributed by atoms with Gasteiger partial charge in [0.25, 0.3) is 0 Å². The van der Waals surface area contributed by atoms with Gasteiger partial charge >= 0.3 is 5.97 Å². The summed E-state index contributed by atoms with van der Waals surface area (Å²) >= 11 is 0. The van der Waals surface area contributed by atoms with Crippen LogP contribution in [0.15, 0.2) is 47.1 Å². The van der Waals surface area contributed by atoms with Crippen LogP contribution in [0.1, 0.15) is 45.6 Å². The van der Waals surface area contributed by atoms with Gasteiger partial charge in [0, 0.05) is 6.92 Å². The van der Waals surface area contributed by atoms with Crippen LogP contribution in [0.3, 0.4) is 0 Å². The summed E-state index contributed by atoms with van der Waals surface area (Å²) in [5, 5.41) is 3.97. The number of benzene rings is 1. The quantitative estimate of drug-likeness (QED) is 0.322. The normalized spacial score (nSPS) is 11.1. The summed E-state index contributed by atoms with van der Waals surface area (Å²) in [4.78, 5) is 15.6. The Hall–Kier alpha value is -1.90. The van der Waals surface area contributed by atoms with Crippen molar-refractivity contribution in [3.05, 3.63) is 47.5 Å². The van der Waals surface area contributed by atoms with Crippen LogP contribution in [-0.2, 0) is 16.1 Å². The van der Waals surface area contributed by atoms with Crippen molar-refractivity contribution in [3.63, 3.8) is 0 Å². The molecule has 0 spiro atoms. The molecular weight excluding hydrogens is 250 g/mol. The highest BCUT2D eigenvalue weighted by atomic mass is 16.7. The van der Waals surface area contributed by atoms with Gasteiger partial charge in [0.2, 0.25) is 0 Å². The van der Waals surface area contributed by atoms with Crippen molar-refractivity contribution in [2.45, 2.75) is 46.5 Å². The van der Waals surface area contributed by atoms with Gasteiger partial charge in [0.1, 0.15) is 0 Å². The zero-order valence-electron chi connectivity index (χ0n) is 12.6. The maximum Gasteiger partial charge on any atom is 0.331 e. The molecule has 0 unspecified atom stereocenters. The van der Waals surface area contributed by atoms with Crippen LogP contribution in [0.5, 0.6) is 0 Å². The Balaban J connectivity index is 2.55. The zero-order valence-corrected chi connectivity index (χ0v) is 12.6. The highest BCUT2D eigenvalue weighted by Gasteiger charge is 2.03.